The van der Waals surface area contributed by atoms with Gasteiger partial charge in [-0.25, -0.2) is 22.9 Å². The Morgan fingerprint density at radius 3 is 2.41 bits per heavy atom. The molecule has 0 atom stereocenters. The second-order valence-electron chi connectivity index (χ2n) is 10.0. The van der Waals surface area contributed by atoms with Crippen molar-refractivity contribution in [2.75, 3.05) is 35.7 Å². The van der Waals surface area contributed by atoms with E-state index in [-0.39, 0.29) is 24.5 Å². The molecule has 2 N–H and O–H groups in total. The first-order valence-electron chi connectivity index (χ1n) is 12.1. The van der Waals surface area contributed by atoms with E-state index in [9.17, 15) is 13.6 Å². The van der Waals surface area contributed by atoms with Crippen LogP contribution in [-0.4, -0.2) is 42.8 Å². The molecule has 0 unspecified atom stereocenters. The highest BCUT2D eigenvalue weighted by Crippen LogP contribution is 2.38. The number of hydrogen-bond acceptors (Lipinski definition) is 6. The van der Waals surface area contributed by atoms with Crippen molar-refractivity contribution in [3.05, 3.63) is 53.8 Å². The number of anilines is 3. The van der Waals surface area contributed by atoms with Gasteiger partial charge >= 0.3 is 6.09 Å². The first-order chi connectivity index (χ1) is 17.4. The number of benzene rings is 2. The lowest BCUT2D eigenvalue weighted by Gasteiger charge is -2.34. The number of alkyl halides is 2. The molecule has 0 saturated carbocycles. The van der Waals surface area contributed by atoms with Gasteiger partial charge in [-0.05, 0) is 56.7 Å². The van der Waals surface area contributed by atoms with E-state index in [2.05, 4.69) is 15.6 Å². The highest BCUT2D eigenvalue weighted by atomic mass is 19.3. The molecule has 3 aromatic rings. The Bertz CT molecular complexity index is 1270. The van der Waals surface area contributed by atoms with Crippen LogP contribution in [0.1, 0.15) is 39.2 Å². The number of aromatic nitrogens is 1. The average molecular weight is 517 g/mol. The first-order valence-corrected chi connectivity index (χ1v) is 12.1. The monoisotopic (exact) mass is 516 g/mol. The SMILES string of the molecule is COc1ccc(CNc2ccc3cc(NC(=O)OC(C)(C)C)c(F)c(N4CCC(F)(F)CC4)c3n2)cc1. The summed E-state index contributed by atoms with van der Waals surface area (Å²) in [5.41, 5.74) is 0.508. The third-order valence-electron chi connectivity index (χ3n) is 5.97. The van der Waals surface area contributed by atoms with Crippen molar-refractivity contribution in [1.29, 1.82) is 0 Å². The van der Waals surface area contributed by atoms with Crippen LogP contribution in [0.4, 0.5) is 35.2 Å². The van der Waals surface area contributed by atoms with Crippen molar-refractivity contribution in [2.24, 2.45) is 0 Å². The van der Waals surface area contributed by atoms with E-state index in [4.69, 9.17) is 9.47 Å². The molecule has 37 heavy (non-hydrogen) atoms. The Balaban J connectivity index is 1.67. The van der Waals surface area contributed by atoms with Crippen LogP contribution in [0, 0.1) is 5.82 Å². The molecule has 0 bridgehead atoms. The molecule has 1 aliphatic rings. The van der Waals surface area contributed by atoms with Crippen molar-refractivity contribution in [1.82, 2.24) is 4.98 Å². The Morgan fingerprint density at radius 1 is 1.11 bits per heavy atom. The summed E-state index contributed by atoms with van der Waals surface area (Å²) in [6, 6.07) is 12.5. The number of hydrogen-bond donors (Lipinski definition) is 2. The molecule has 10 heteroatoms. The summed E-state index contributed by atoms with van der Waals surface area (Å²) in [5, 5.41) is 6.23. The van der Waals surface area contributed by atoms with E-state index in [0.29, 0.717) is 23.3 Å². The number of rotatable bonds is 6. The Morgan fingerprint density at radius 2 is 1.78 bits per heavy atom. The van der Waals surface area contributed by atoms with Crippen LogP contribution in [0.2, 0.25) is 0 Å². The smallest absolute Gasteiger partial charge is 0.412 e. The summed E-state index contributed by atoms with van der Waals surface area (Å²) in [4.78, 5) is 18.5. The topological polar surface area (TPSA) is 75.7 Å². The van der Waals surface area contributed by atoms with E-state index in [0.717, 1.165) is 11.3 Å². The number of nitrogens with one attached hydrogen (secondary N) is 2. The minimum atomic E-state index is -2.80. The van der Waals surface area contributed by atoms with Crippen molar-refractivity contribution in [3.63, 3.8) is 0 Å². The highest BCUT2D eigenvalue weighted by Gasteiger charge is 2.36. The lowest BCUT2D eigenvalue weighted by molar-refractivity contribution is -0.0221. The van der Waals surface area contributed by atoms with Gasteiger partial charge in [0.2, 0.25) is 0 Å². The van der Waals surface area contributed by atoms with Crippen LogP contribution < -0.4 is 20.3 Å². The van der Waals surface area contributed by atoms with Gasteiger partial charge in [-0.2, -0.15) is 0 Å². The summed E-state index contributed by atoms with van der Waals surface area (Å²) in [5.74, 6) is -2.30. The number of amides is 1. The van der Waals surface area contributed by atoms with Gasteiger partial charge in [0, 0.05) is 37.9 Å². The summed E-state index contributed by atoms with van der Waals surface area (Å²) in [6.45, 7) is 5.49. The number of halogens is 3. The average Bonchev–Trinajstić information content (AvgIpc) is 2.83. The van der Waals surface area contributed by atoms with Crippen molar-refractivity contribution in [2.45, 2.75) is 51.7 Å². The van der Waals surface area contributed by atoms with Crippen LogP contribution in [0.25, 0.3) is 10.9 Å². The maximum Gasteiger partial charge on any atom is 0.412 e. The van der Waals surface area contributed by atoms with E-state index in [1.165, 1.54) is 6.07 Å². The Labute approximate surface area is 214 Å². The van der Waals surface area contributed by atoms with Gasteiger partial charge in [-0.3, -0.25) is 5.32 Å². The molecule has 4 rings (SSSR count). The maximum atomic E-state index is 15.9. The standard InChI is InChI=1S/C27H31F3N4O3/c1-26(2,3)37-25(35)32-20-15-18-7-10-21(31-16-17-5-8-19(36-4)9-6-17)33-23(18)24(22(20)28)34-13-11-27(29,30)12-14-34/h5-10,15H,11-14,16H2,1-4H3,(H,31,33)(H,32,35). The Hall–Kier alpha value is -3.69. The maximum absolute atomic E-state index is 15.9. The fourth-order valence-corrected chi connectivity index (χ4v) is 4.11. The van der Waals surface area contributed by atoms with E-state index in [1.807, 2.05) is 24.3 Å². The number of methoxy groups -OCH3 is 1. The first kappa shape index (κ1) is 26.4. The van der Waals surface area contributed by atoms with E-state index in [1.54, 1.807) is 44.9 Å². The molecule has 198 valence electrons. The minimum absolute atomic E-state index is 0.0416. The Kier molecular flexibility index (Phi) is 7.38. The van der Waals surface area contributed by atoms with Crippen LogP contribution in [-0.2, 0) is 11.3 Å². The number of nitrogens with zero attached hydrogens (tertiary/aromatic N) is 2. The molecular formula is C27H31F3N4O3. The number of carbonyl (C=O) groups is 1. The third kappa shape index (κ3) is 6.55. The van der Waals surface area contributed by atoms with Gasteiger partial charge in [0.15, 0.2) is 5.82 Å². The zero-order valence-electron chi connectivity index (χ0n) is 21.3. The molecular weight excluding hydrogens is 485 g/mol. The molecule has 2 aromatic carbocycles. The molecule has 1 amide bonds. The summed E-state index contributed by atoms with van der Waals surface area (Å²) in [6.07, 6.45) is -1.60. The molecule has 0 spiro atoms. The lowest BCUT2D eigenvalue weighted by atomic mass is 10.0. The number of carbonyl (C=O) groups excluding carboxylic acids is 1. The van der Waals surface area contributed by atoms with Gasteiger partial charge in [0.1, 0.15) is 22.9 Å². The molecule has 1 saturated heterocycles. The molecule has 1 fully saturated rings. The molecule has 1 aliphatic heterocycles. The quantitative estimate of drug-likeness (QED) is 0.386. The minimum Gasteiger partial charge on any atom is -0.497 e. The third-order valence-corrected chi connectivity index (χ3v) is 5.97. The molecule has 7 nitrogen and oxygen atoms in total. The zero-order valence-corrected chi connectivity index (χ0v) is 21.3. The van der Waals surface area contributed by atoms with Crippen molar-refractivity contribution in [3.8, 4) is 5.75 Å². The number of pyridine rings is 1. The lowest BCUT2D eigenvalue weighted by Crippen LogP contribution is -2.40. The fraction of sp³-hybridized carbons (Fsp3) is 0.407. The summed E-state index contributed by atoms with van der Waals surface area (Å²) in [7, 11) is 1.60. The van der Waals surface area contributed by atoms with Gasteiger partial charge in [-0.15, -0.1) is 0 Å². The second-order valence-corrected chi connectivity index (χ2v) is 10.0. The summed E-state index contributed by atoms with van der Waals surface area (Å²) >= 11 is 0. The fourth-order valence-electron chi connectivity index (χ4n) is 4.11. The second kappa shape index (κ2) is 10.4. The van der Waals surface area contributed by atoms with Crippen LogP contribution >= 0.6 is 0 Å². The zero-order chi connectivity index (χ0) is 26.8. The van der Waals surface area contributed by atoms with E-state index < -0.39 is 36.3 Å². The number of fused-ring (bicyclic) bond motifs is 1. The van der Waals surface area contributed by atoms with Gasteiger partial charge in [0.05, 0.1) is 18.3 Å². The summed E-state index contributed by atoms with van der Waals surface area (Å²) < 4.78 is 54.0. The van der Waals surface area contributed by atoms with Gasteiger partial charge in [0.25, 0.3) is 5.92 Å². The number of ether oxygens (including phenoxy) is 2. The van der Waals surface area contributed by atoms with Crippen LogP contribution in [0.3, 0.4) is 0 Å². The van der Waals surface area contributed by atoms with Gasteiger partial charge < -0.3 is 19.7 Å². The molecule has 0 aliphatic carbocycles. The largest absolute Gasteiger partial charge is 0.497 e. The molecule has 0 radical (unpaired) electrons. The highest BCUT2D eigenvalue weighted by molar-refractivity contribution is 5.98. The molecule has 2 heterocycles. The van der Waals surface area contributed by atoms with Crippen molar-refractivity contribution >= 4 is 34.2 Å². The molecule has 1 aromatic heterocycles. The number of piperidine rings is 1. The predicted molar refractivity (Wildman–Crippen MR) is 138 cm³/mol. The predicted octanol–water partition coefficient (Wildman–Crippen LogP) is 6.58. The van der Waals surface area contributed by atoms with E-state index >= 15 is 4.39 Å². The van der Waals surface area contributed by atoms with Crippen LogP contribution in [0.5, 0.6) is 5.75 Å². The van der Waals surface area contributed by atoms with Crippen LogP contribution in [0.15, 0.2) is 42.5 Å². The van der Waals surface area contributed by atoms with Crippen molar-refractivity contribution < 1.29 is 27.4 Å². The van der Waals surface area contributed by atoms with Gasteiger partial charge in [-0.1, -0.05) is 12.1 Å². The normalized spacial score (nSPS) is 15.4.